The van der Waals surface area contributed by atoms with E-state index in [0.29, 0.717) is 12.4 Å². The number of fused-ring (bicyclic) bond motifs is 1. The van der Waals surface area contributed by atoms with E-state index in [-0.39, 0.29) is 12.5 Å². The molecule has 134 valence electrons. The number of carbonyl (C=O) groups is 2. The van der Waals surface area contributed by atoms with Crippen LogP contribution in [-0.4, -0.2) is 27.6 Å². The highest BCUT2D eigenvalue weighted by Gasteiger charge is 2.14. The van der Waals surface area contributed by atoms with Gasteiger partial charge in [0.05, 0.1) is 5.52 Å². The normalized spacial score (nSPS) is 11.9. The van der Waals surface area contributed by atoms with Crippen molar-refractivity contribution in [2.75, 3.05) is 0 Å². The fourth-order valence-electron chi connectivity index (χ4n) is 2.64. The van der Waals surface area contributed by atoms with Gasteiger partial charge in [-0.3, -0.25) is 9.59 Å². The van der Waals surface area contributed by atoms with E-state index < -0.39 is 12.0 Å². The summed E-state index contributed by atoms with van der Waals surface area (Å²) < 4.78 is 7.61. The molecular weight excluding hydrogens is 332 g/mol. The van der Waals surface area contributed by atoms with Crippen LogP contribution in [0.25, 0.3) is 10.9 Å². The standard InChI is InChI=1S/C20H20N2O4/c1-14(20(24)25)21-19(23)12-22-10-9-16-7-8-17(11-18(16)22)26-13-15-5-3-2-4-6-15/h2-11,14H,12-13H2,1H3,(H,21,23)(H,24,25)/t14-/m1/s1. The monoisotopic (exact) mass is 352 g/mol. The van der Waals surface area contributed by atoms with E-state index in [0.717, 1.165) is 16.5 Å². The number of amides is 1. The zero-order valence-corrected chi connectivity index (χ0v) is 14.4. The van der Waals surface area contributed by atoms with Gasteiger partial charge in [-0.1, -0.05) is 30.3 Å². The molecule has 3 aromatic rings. The second-order valence-corrected chi connectivity index (χ2v) is 6.07. The third-order valence-electron chi connectivity index (χ3n) is 4.06. The zero-order chi connectivity index (χ0) is 18.5. The molecule has 1 amide bonds. The van der Waals surface area contributed by atoms with Crippen LogP contribution in [0.3, 0.4) is 0 Å². The molecule has 0 aliphatic heterocycles. The van der Waals surface area contributed by atoms with Gasteiger partial charge in [0.15, 0.2) is 0 Å². The number of hydrogen-bond donors (Lipinski definition) is 2. The highest BCUT2D eigenvalue weighted by Crippen LogP contribution is 2.23. The van der Waals surface area contributed by atoms with Crippen molar-refractivity contribution >= 4 is 22.8 Å². The molecule has 1 heterocycles. The fourth-order valence-corrected chi connectivity index (χ4v) is 2.64. The molecule has 26 heavy (non-hydrogen) atoms. The summed E-state index contributed by atoms with van der Waals surface area (Å²) in [6, 6.07) is 16.6. The third kappa shape index (κ3) is 4.22. The summed E-state index contributed by atoms with van der Waals surface area (Å²) in [5.41, 5.74) is 1.93. The van der Waals surface area contributed by atoms with Gasteiger partial charge in [-0.15, -0.1) is 0 Å². The first kappa shape index (κ1) is 17.5. The van der Waals surface area contributed by atoms with Crippen molar-refractivity contribution in [3.8, 4) is 5.75 Å². The van der Waals surface area contributed by atoms with Gasteiger partial charge >= 0.3 is 5.97 Å². The summed E-state index contributed by atoms with van der Waals surface area (Å²) in [6.45, 7) is 1.94. The molecule has 1 aromatic heterocycles. The van der Waals surface area contributed by atoms with E-state index in [9.17, 15) is 9.59 Å². The lowest BCUT2D eigenvalue weighted by molar-refractivity contribution is -0.141. The molecule has 0 unspecified atom stereocenters. The number of carboxylic acid groups (broad SMARTS) is 1. The van der Waals surface area contributed by atoms with Crippen LogP contribution >= 0.6 is 0 Å². The molecule has 1 atom stereocenters. The molecular formula is C20H20N2O4. The van der Waals surface area contributed by atoms with Crippen molar-refractivity contribution in [2.45, 2.75) is 26.1 Å². The van der Waals surface area contributed by atoms with Crippen molar-refractivity contribution in [1.29, 1.82) is 0 Å². The third-order valence-corrected chi connectivity index (χ3v) is 4.06. The quantitative estimate of drug-likeness (QED) is 0.685. The molecule has 0 aliphatic carbocycles. The van der Waals surface area contributed by atoms with Gasteiger partial charge in [0.1, 0.15) is 24.9 Å². The van der Waals surface area contributed by atoms with Crippen molar-refractivity contribution < 1.29 is 19.4 Å². The average Bonchev–Trinajstić information content (AvgIpc) is 3.02. The maximum absolute atomic E-state index is 12.0. The van der Waals surface area contributed by atoms with Gasteiger partial charge in [-0.05, 0) is 36.1 Å². The van der Waals surface area contributed by atoms with Gasteiger partial charge in [0.2, 0.25) is 5.91 Å². The number of hydrogen-bond acceptors (Lipinski definition) is 3. The van der Waals surface area contributed by atoms with E-state index in [2.05, 4.69) is 5.32 Å². The highest BCUT2D eigenvalue weighted by molar-refractivity contribution is 5.86. The maximum Gasteiger partial charge on any atom is 0.325 e. The summed E-state index contributed by atoms with van der Waals surface area (Å²) in [5, 5.41) is 12.3. The predicted molar refractivity (Wildman–Crippen MR) is 98.0 cm³/mol. The molecule has 6 heteroatoms. The summed E-state index contributed by atoms with van der Waals surface area (Å²) >= 11 is 0. The average molecular weight is 352 g/mol. The Hall–Kier alpha value is -3.28. The first-order valence-corrected chi connectivity index (χ1v) is 8.31. The maximum atomic E-state index is 12.0. The SMILES string of the molecule is C[C@@H](NC(=O)Cn1ccc2ccc(OCc3ccccc3)cc21)C(=O)O. The first-order chi connectivity index (χ1) is 12.5. The van der Waals surface area contributed by atoms with Crippen molar-refractivity contribution in [3.05, 3.63) is 66.4 Å². The molecule has 0 spiro atoms. The summed E-state index contributed by atoms with van der Waals surface area (Å²) in [6.07, 6.45) is 1.80. The smallest absolute Gasteiger partial charge is 0.325 e. The number of rotatable bonds is 7. The predicted octanol–water partition coefficient (Wildman–Crippen LogP) is 2.81. The molecule has 0 fully saturated rings. The van der Waals surface area contributed by atoms with Crippen LogP contribution in [0.5, 0.6) is 5.75 Å². The lowest BCUT2D eigenvalue weighted by Crippen LogP contribution is -2.39. The molecule has 6 nitrogen and oxygen atoms in total. The van der Waals surface area contributed by atoms with Crippen LogP contribution in [0, 0.1) is 0 Å². The molecule has 0 bridgehead atoms. The first-order valence-electron chi connectivity index (χ1n) is 8.31. The fraction of sp³-hybridized carbons (Fsp3) is 0.200. The molecule has 2 N–H and O–H groups in total. The number of benzene rings is 2. The van der Waals surface area contributed by atoms with Crippen molar-refractivity contribution in [3.63, 3.8) is 0 Å². The van der Waals surface area contributed by atoms with Gasteiger partial charge in [-0.2, -0.15) is 0 Å². The van der Waals surface area contributed by atoms with E-state index in [4.69, 9.17) is 9.84 Å². The Morgan fingerprint density at radius 2 is 1.92 bits per heavy atom. The molecule has 0 saturated carbocycles. The second kappa shape index (κ2) is 7.74. The summed E-state index contributed by atoms with van der Waals surface area (Å²) in [4.78, 5) is 22.9. The number of carbonyl (C=O) groups excluding carboxylic acids is 1. The molecule has 3 rings (SSSR count). The molecule has 0 saturated heterocycles. The molecule has 0 radical (unpaired) electrons. The number of nitrogens with zero attached hydrogens (tertiary/aromatic N) is 1. The number of carboxylic acids is 1. The minimum absolute atomic E-state index is 0.0449. The molecule has 0 aliphatic rings. The van der Waals surface area contributed by atoms with E-state index in [1.54, 1.807) is 10.8 Å². The van der Waals surface area contributed by atoms with Crippen LogP contribution in [0.15, 0.2) is 60.8 Å². The van der Waals surface area contributed by atoms with Crippen LogP contribution in [0.2, 0.25) is 0 Å². The Morgan fingerprint density at radius 1 is 1.15 bits per heavy atom. The highest BCUT2D eigenvalue weighted by atomic mass is 16.5. The Balaban J connectivity index is 1.71. The minimum atomic E-state index is -1.06. The number of ether oxygens (including phenoxy) is 1. The van der Waals surface area contributed by atoms with Gasteiger partial charge < -0.3 is 19.7 Å². The Kier molecular flexibility index (Phi) is 5.22. The van der Waals surface area contributed by atoms with Crippen molar-refractivity contribution in [1.82, 2.24) is 9.88 Å². The largest absolute Gasteiger partial charge is 0.489 e. The minimum Gasteiger partial charge on any atom is -0.489 e. The van der Waals surface area contributed by atoms with Crippen LogP contribution in [0.1, 0.15) is 12.5 Å². The Bertz CT molecular complexity index is 918. The van der Waals surface area contributed by atoms with Gasteiger partial charge in [0.25, 0.3) is 0 Å². The number of aromatic nitrogens is 1. The Labute approximate surface area is 151 Å². The Morgan fingerprint density at radius 3 is 2.65 bits per heavy atom. The van der Waals surface area contributed by atoms with Gasteiger partial charge in [0, 0.05) is 12.3 Å². The number of nitrogens with one attached hydrogen (secondary N) is 1. The van der Waals surface area contributed by atoms with Crippen LogP contribution < -0.4 is 10.1 Å². The number of aliphatic carboxylic acids is 1. The molecule has 2 aromatic carbocycles. The van der Waals surface area contributed by atoms with E-state index in [1.807, 2.05) is 54.6 Å². The van der Waals surface area contributed by atoms with E-state index in [1.165, 1.54) is 6.92 Å². The van der Waals surface area contributed by atoms with Crippen LogP contribution in [-0.2, 0) is 22.7 Å². The lowest BCUT2D eigenvalue weighted by Gasteiger charge is -2.11. The second-order valence-electron chi connectivity index (χ2n) is 6.07. The summed E-state index contributed by atoms with van der Waals surface area (Å²) in [7, 11) is 0. The zero-order valence-electron chi connectivity index (χ0n) is 14.4. The lowest BCUT2D eigenvalue weighted by atomic mass is 10.2. The summed E-state index contributed by atoms with van der Waals surface area (Å²) in [5.74, 6) is -0.707. The van der Waals surface area contributed by atoms with E-state index >= 15 is 0 Å². The van der Waals surface area contributed by atoms with Crippen LogP contribution in [0.4, 0.5) is 0 Å². The van der Waals surface area contributed by atoms with Crippen molar-refractivity contribution in [2.24, 2.45) is 0 Å². The van der Waals surface area contributed by atoms with Gasteiger partial charge in [-0.25, -0.2) is 0 Å². The topological polar surface area (TPSA) is 80.6 Å².